The van der Waals surface area contributed by atoms with Crippen LogP contribution in [-0.2, 0) is 14.3 Å². The predicted molar refractivity (Wildman–Crippen MR) is 96.0 cm³/mol. The average molecular weight is 389 g/mol. The van der Waals surface area contributed by atoms with Gasteiger partial charge in [0, 0.05) is 24.6 Å². The van der Waals surface area contributed by atoms with Gasteiger partial charge in [-0.1, -0.05) is 0 Å². The van der Waals surface area contributed by atoms with Gasteiger partial charge in [0.15, 0.2) is 12.4 Å². The highest BCUT2D eigenvalue weighted by molar-refractivity contribution is 6.00. The first-order valence-corrected chi connectivity index (χ1v) is 8.31. The molecule has 0 aliphatic rings. The van der Waals surface area contributed by atoms with Crippen molar-refractivity contribution in [3.63, 3.8) is 0 Å². The molecule has 0 atom stereocenters. The summed E-state index contributed by atoms with van der Waals surface area (Å²) in [5, 5.41) is 2.38. The molecule has 0 aliphatic carbocycles. The average Bonchev–Trinajstić information content (AvgIpc) is 2.64. The van der Waals surface area contributed by atoms with Gasteiger partial charge in [0.1, 0.15) is 11.6 Å². The molecule has 8 heteroatoms. The topological polar surface area (TPSA) is 89.5 Å². The number of ketones is 2. The van der Waals surface area contributed by atoms with E-state index in [1.807, 2.05) is 0 Å². The molecule has 28 heavy (non-hydrogen) atoms. The van der Waals surface area contributed by atoms with Crippen LogP contribution in [0.2, 0.25) is 0 Å². The molecule has 0 radical (unpaired) electrons. The van der Waals surface area contributed by atoms with Crippen LogP contribution in [0.25, 0.3) is 0 Å². The fourth-order valence-corrected chi connectivity index (χ4v) is 2.31. The molecule has 146 valence electrons. The van der Waals surface area contributed by atoms with E-state index in [9.17, 15) is 28.0 Å². The molecule has 2 rings (SSSR count). The summed E-state index contributed by atoms with van der Waals surface area (Å²) in [6.45, 7) is 0.581. The van der Waals surface area contributed by atoms with Crippen LogP contribution in [0.3, 0.4) is 0 Å². The van der Waals surface area contributed by atoms with Crippen molar-refractivity contribution in [3.8, 4) is 0 Å². The van der Waals surface area contributed by atoms with E-state index >= 15 is 0 Å². The molecule has 2 aromatic carbocycles. The minimum absolute atomic E-state index is 0.168. The number of anilines is 1. The monoisotopic (exact) mass is 389 g/mol. The second-order valence-electron chi connectivity index (χ2n) is 5.89. The SMILES string of the molecule is CC(=O)Nc1ccc(C(=O)COC(=O)CCC(=O)c2ccc(F)cc2)c(F)c1. The normalized spacial score (nSPS) is 10.2. The van der Waals surface area contributed by atoms with Gasteiger partial charge in [0.05, 0.1) is 12.0 Å². The van der Waals surface area contributed by atoms with Gasteiger partial charge in [-0.15, -0.1) is 0 Å². The van der Waals surface area contributed by atoms with Crippen LogP contribution < -0.4 is 5.32 Å². The molecule has 0 fully saturated rings. The molecule has 0 unspecified atom stereocenters. The van der Waals surface area contributed by atoms with Gasteiger partial charge in [-0.05, 0) is 42.5 Å². The van der Waals surface area contributed by atoms with Crippen molar-refractivity contribution in [2.24, 2.45) is 0 Å². The summed E-state index contributed by atoms with van der Waals surface area (Å²) in [7, 11) is 0. The first-order chi connectivity index (χ1) is 13.3. The molecular weight excluding hydrogens is 372 g/mol. The standard InChI is InChI=1S/C20H17F2NO5/c1-12(24)23-15-6-7-16(17(22)10-15)19(26)11-28-20(27)9-8-18(25)13-2-4-14(21)5-3-13/h2-7,10H,8-9,11H2,1H3,(H,23,24). The van der Waals surface area contributed by atoms with E-state index in [1.165, 1.54) is 31.2 Å². The van der Waals surface area contributed by atoms with E-state index in [2.05, 4.69) is 5.32 Å². The van der Waals surface area contributed by atoms with Crippen LogP contribution in [0.4, 0.5) is 14.5 Å². The molecule has 0 heterocycles. The maximum absolute atomic E-state index is 14.0. The lowest BCUT2D eigenvalue weighted by Crippen LogP contribution is -2.16. The van der Waals surface area contributed by atoms with Crippen LogP contribution in [0.1, 0.15) is 40.5 Å². The highest BCUT2D eigenvalue weighted by Crippen LogP contribution is 2.15. The van der Waals surface area contributed by atoms with Crippen molar-refractivity contribution in [3.05, 3.63) is 65.2 Å². The highest BCUT2D eigenvalue weighted by atomic mass is 19.1. The van der Waals surface area contributed by atoms with E-state index in [0.29, 0.717) is 0 Å². The number of esters is 1. The highest BCUT2D eigenvalue weighted by Gasteiger charge is 2.16. The maximum Gasteiger partial charge on any atom is 0.306 e. The number of hydrogen-bond acceptors (Lipinski definition) is 5. The number of Topliss-reactive ketones (excluding diaryl/α,β-unsaturated/α-hetero) is 2. The Hall–Kier alpha value is -3.42. The number of amides is 1. The molecule has 1 amide bonds. The molecule has 0 saturated carbocycles. The summed E-state index contributed by atoms with van der Waals surface area (Å²) in [5.74, 6) is -3.65. The van der Waals surface area contributed by atoms with E-state index in [0.717, 1.165) is 18.2 Å². The van der Waals surface area contributed by atoms with Crippen molar-refractivity contribution in [1.82, 2.24) is 0 Å². The number of rotatable bonds is 8. The number of hydrogen-bond donors (Lipinski definition) is 1. The summed E-state index contributed by atoms with van der Waals surface area (Å²) in [4.78, 5) is 46.5. The fraction of sp³-hybridized carbons (Fsp3) is 0.200. The Morgan fingerprint density at radius 1 is 0.929 bits per heavy atom. The maximum atomic E-state index is 14.0. The van der Waals surface area contributed by atoms with Crippen molar-refractivity contribution in [1.29, 1.82) is 0 Å². The number of benzene rings is 2. The Morgan fingerprint density at radius 2 is 1.61 bits per heavy atom. The second kappa shape index (κ2) is 9.50. The third-order valence-corrected chi connectivity index (χ3v) is 3.68. The van der Waals surface area contributed by atoms with Crippen molar-refractivity contribution >= 4 is 29.1 Å². The lowest BCUT2D eigenvalue weighted by Gasteiger charge is -2.07. The van der Waals surface area contributed by atoms with Gasteiger partial charge in [-0.2, -0.15) is 0 Å². The lowest BCUT2D eigenvalue weighted by atomic mass is 10.1. The van der Waals surface area contributed by atoms with Crippen LogP contribution in [0.15, 0.2) is 42.5 Å². The van der Waals surface area contributed by atoms with Crippen molar-refractivity contribution in [2.45, 2.75) is 19.8 Å². The Labute approximate surface area is 159 Å². The second-order valence-corrected chi connectivity index (χ2v) is 5.89. The van der Waals surface area contributed by atoms with Crippen molar-refractivity contribution in [2.75, 3.05) is 11.9 Å². The van der Waals surface area contributed by atoms with Crippen LogP contribution >= 0.6 is 0 Å². The molecule has 0 saturated heterocycles. The lowest BCUT2D eigenvalue weighted by molar-refractivity contribution is -0.142. The molecule has 0 spiro atoms. The first kappa shape index (κ1) is 20.9. The molecule has 2 aromatic rings. The fourth-order valence-electron chi connectivity index (χ4n) is 2.31. The molecule has 0 aromatic heterocycles. The first-order valence-electron chi connectivity index (χ1n) is 8.31. The zero-order valence-electron chi connectivity index (χ0n) is 15.0. The quantitative estimate of drug-likeness (QED) is 0.553. The van der Waals surface area contributed by atoms with Gasteiger partial charge in [0.25, 0.3) is 0 Å². The summed E-state index contributed by atoms with van der Waals surface area (Å²) in [6, 6.07) is 8.39. The summed E-state index contributed by atoms with van der Waals surface area (Å²) in [6.07, 6.45) is -0.439. The van der Waals surface area contributed by atoms with Crippen molar-refractivity contribution < 1.29 is 32.7 Å². The number of carbonyl (C=O) groups is 4. The van der Waals surface area contributed by atoms with E-state index < -0.39 is 30.0 Å². The third-order valence-electron chi connectivity index (χ3n) is 3.68. The molecular formula is C20H17F2NO5. The van der Waals surface area contributed by atoms with Crippen LogP contribution in [0, 0.1) is 11.6 Å². The van der Waals surface area contributed by atoms with Gasteiger partial charge in [-0.3, -0.25) is 19.2 Å². The number of carbonyl (C=O) groups excluding carboxylic acids is 4. The zero-order valence-corrected chi connectivity index (χ0v) is 15.0. The summed E-state index contributed by atoms with van der Waals surface area (Å²) < 4.78 is 31.6. The van der Waals surface area contributed by atoms with Gasteiger partial charge >= 0.3 is 5.97 Å². The largest absolute Gasteiger partial charge is 0.457 e. The molecule has 0 aliphatic heterocycles. The smallest absolute Gasteiger partial charge is 0.306 e. The summed E-state index contributed by atoms with van der Waals surface area (Å²) in [5.41, 5.74) is 0.161. The molecule has 0 bridgehead atoms. The van der Waals surface area contributed by atoms with E-state index in [-0.39, 0.29) is 41.3 Å². The number of ether oxygens (including phenoxy) is 1. The minimum atomic E-state index is -0.862. The van der Waals surface area contributed by atoms with Gasteiger partial charge < -0.3 is 10.1 Å². The van der Waals surface area contributed by atoms with E-state index in [1.54, 1.807) is 0 Å². The Bertz CT molecular complexity index is 909. The predicted octanol–water partition coefficient (Wildman–Crippen LogP) is 3.31. The minimum Gasteiger partial charge on any atom is -0.457 e. The van der Waals surface area contributed by atoms with Crippen LogP contribution in [-0.4, -0.2) is 30.0 Å². The van der Waals surface area contributed by atoms with Gasteiger partial charge in [0.2, 0.25) is 11.7 Å². The number of halogens is 2. The molecule has 6 nitrogen and oxygen atoms in total. The summed E-state index contributed by atoms with van der Waals surface area (Å²) >= 11 is 0. The van der Waals surface area contributed by atoms with Crippen LogP contribution in [0.5, 0.6) is 0 Å². The number of nitrogens with one attached hydrogen (secondary N) is 1. The van der Waals surface area contributed by atoms with Gasteiger partial charge in [-0.25, -0.2) is 8.78 Å². The Balaban J connectivity index is 1.83. The Kier molecular flexibility index (Phi) is 7.08. The molecule has 1 N–H and O–H groups in total. The Morgan fingerprint density at radius 3 is 2.21 bits per heavy atom. The third kappa shape index (κ3) is 6.08. The van der Waals surface area contributed by atoms with E-state index in [4.69, 9.17) is 4.74 Å². The zero-order chi connectivity index (χ0) is 20.7.